The fourth-order valence-corrected chi connectivity index (χ4v) is 1.82. The van der Waals surface area contributed by atoms with Gasteiger partial charge in [0.1, 0.15) is 5.82 Å². The number of carbonyl (C=O) groups excluding carboxylic acids is 1. The van der Waals surface area contributed by atoms with Gasteiger partial charge in [0.25, 0.3) is 5.91 Å². The van der Waals surface area contributed by atoms with Crippen LogP contribution in [0.1, 0.15) is 15.9 Å². The van der Waals surface area contributed by atoms with Crippen LogP contribution in [0.5, 0.6) is 0 Å². The number of benzene rings is 1. The predicted octanol–water partition coefficient (Wildman–Crippen LogP) is 2.29. The van der Waals surface area contributed by atoms with Crippen molar-refractivity contribution in [2.75, 3.05) is 30.0 Å². The van der Waals surface area contributed by atoms with E-state index < -0.39 is 0 Å². The van der Waals surface area contributed by atoms with Crippen LogP contribution in [0.15, 0.2) is 36.5 Å². The molecule has 1 aromatic heterocycles. The molecular weight excluding hydrogens is 252 g/mol. The predicted molar refractivity (Wildman–Crippen MR) is 82.1 cm³/mol. The normalized spacial score (nSPS) is 10.2. The Morgan fingerprint density at radius 2 is 2.00 bits per heavy atom. The smallest absolute Gasteiger partial charge is 0.256 e. The van der Waals surface area contributed by atoms with E-state index in [1.807, 2.05) is 38.1 Å². The van der Waals surface area contributed by atoms with Gasteiger partial charge in [-0.25, -0.2) is 4.98 Å². The molecule has 5 nitrogen and oxygen atoms in total. The summed E-state index contributed by atoms with van der Waals surface area (Å²) in [4.78, 5) is 18.3. The lowest BCUT2D eigenvalue weighted by molar-refractivity contribution is 0.102. The van der Waals surface area contributed by atoms with Crippen LogP contribution in [0.4, 0.5) is 17.2 Å². The topological polar surface area (TPSA) is 71.2 Å². The van der Waals surface area contributed by atoms with Gasteiger partial charge in [-0.3, -0.25) is 4.79 Å². The highest BCUT2D eigenvalue weighted by Crippen LogP contribution is 2.18. The summed E-state index contributed by atoms with van der Waals surface area (Å²) in [6.45, 7) is 1.83. The van der Waals surface area contributed by atoms with E-state index in [0.717, 1.165) is 11.4 Å². The van der Waals surface area contributed by atoms with Crippen LogP contribution in [-0.2, 0) is 0 Å². The zero-order valence-electron chi connectivity index (χ0n) is 11.8. The summed E-state index contributed by atoms with van der Waals surface area (Å²) in [6.07, 6.45) is 1.63. The van der Waals surface area contributed by atoms with Crippen molar-refractivity contribution in [3.63, 3.8) is 0 Å². The van der Waals surface area contributed by atoms with Crippen LogP contribution in [0.3, 0.4) is 0 Å². The molecule has 1 heterocycles. The van der Waals surface area contributed by atoms with Crippen LogP contribution < -0.4 is 16.0 Å². The first-order chi connectivity index (χ1) is 9.49. The van der Waals surface area contributed by atoms with E-state index in [-0.39, 0.29) is 5.91 Å². The first-order valence-electron chi connectivity index (χ1n) is 6.29. The SMILES string of the molecule is Cc1c(N)cccc1C(=O)Nc1ccc(N(C)C)nc1. The summed E-state index contributed by atoms with van der Waals surface area (Å²) >= 11 is 0. The lowest BCUT2D eigenvalue weighted by Crippen LogP contribution is -2.15. The Morgan fingerprint density at radius 3 is 2.60 bits per heavy atom. The summed E-state index contributed by atoms with van der Waals surface area (Å²) in [5.74, 6) is 0.650. The number of rotatable bonds is 3. The lowest BCUT2D eigenvalue weighted by atomic mass is 10.1. The maximum Gasteiger partial charge on any atom is 0.256 e. The van der Waals surface area contributed by atoms with Gasteiger partial charge in [-0.15, -0.1) is 0 Å². The van der Waals surface area contributed by atoms with Gasteiger partial charge in [0.15, 0.2) is 0 Å². The van der Waals surface area contributed by atoms with Gasteiger partial charge in [0, 0.05) is 25.3 Å². The van der Waals surface area contributed by atoms with Gasteiger partial charge in [-0.05, 0) is 36.8 Å². The Balaban J connectivity index is 2.17. The molecule has 0 saturated carbocycles. The minimum Gasteiger partial charge on any atom is -0.398 e. The van der Waals surface area contributed by atoms with Gasteiger partial charge in [-0.1, -0.05) is 6.07 Å². The number of nitrogens with two attached hydrogens (primary N) is 1. The van der Waals surface area contributed by atoms with Crippen LogP contribution in [0.25, 0.3) is 0 Å². The third-order valence-corrected chi connectivity index (χ3v) is 3.08. The number of pyridine rings is 1. The zero-order chi connectivity index (χ0) is 14.7. The molecule has 0 fully saturated rings. The summed E-state index contributed by atoms with van der Waals surface area (Å²) < 4.78 is 0. The highest BCUT2D eigenvalue weighted by molar-refractivity contribution is 6.05. The van der Waals surface area contributed by atoms with Crippen molar-refractivity contribution >= 4 is 23.1 Å². The highest BCUT2D eigenvalue weighted by atomic mass is 16.1. The molecule has 0 spiro atoms. The number of hydrogen-bond donors (Lipinski definition) is 2. The summed E-state index contributed by atoms with van der Waals surface area (Å²) in [5.41, 5.74) is 8.42. The summed E-state index contributed by atoms with van der Waals surface area (Å²) in [6, 6.07) is 8.97. The van der Waals surface area contributed by atoms with Crippen LogP contribution in [0.2, 0.25) is 0 Å². The number of nitrogen functional groups attached to an aromatic ring is 1. The summed E-state index contributed by atoms with van der Waals surface area (Å²) in [7, 11) is 3.83. The molecule has 104 valence electrons. The third-order valence-electron chi connectivity index (χ3n) is 3.08. The van der Waals surface area contributed by atoms with E-state index in [2.05, 4.69) is 10.3 Å². The Kier molecular flexibility index (Phi) is 3.89. The Bertz CT molecular complexity index is 620. The van der Waals surface area contributed by atoms with Gasteiger partial charge in [-0.2, -0.15) is 0 Å². The van der Waals surface area contributed by atoms with Crippen molar-refractivity contribution in [1.29, 1.82) is 0 Å². The Labute approximate surface area is 118 Å². The molecule has 0 bridgehead atoms. The zero-order valence-corrected chi connectivity index (χ0v) is 11.8. The summed E-state index contributed by atoms with van der Waals surface area (Å²) in [5, 5.41) is 2.82. The van der Waals surface area contributed by atoms with E-state index in [1.54, 1.807) is 24.4 Å². The molecule has 5 heteroatoms. The second-order valence-corrected chi connectivity index (χ2v) is 4.77. The van der Waals surface area contributed by atoms with Crippen molar-refractivity contribution in [2.45, 2.75) is 6.92 Å². The maximum absolute atomic E-state index is 12.2. The molecule has 0 unspecified atom stereocenters. The molecule has 0 radical (unpaired) electrons. The average Bonchev–Trinajstić information content (AvgIpc) is 2.42. The Hall–Kier alpha value is -2.56. The van der Waals surface area contributed by atoms with E-state index >= 15 is 0 Å². The molecule has 0 saturated heterocycles. The fourth-order valence-electron chi connectivity index (χ4n) is 1.82. The molecule has 0 aliphatic carbocycles. The molecule has 1 aromatic carbocycles. The molecule has 2 rings (SSSR count). The second-order valence-electron chi connectivity index (χ2n) is 4.77. The van der Waals surface area contributed by atoms with Gasteiger partial charge >= 0.3 is 0 Å². The first kappa shape index (κ1) is 13.9. The molecule has 0 aliphatic heterocycles. The Morgan fingerprint density at radius 1 is 1.25 bits per heavy atom. The number of nitrogens with zero attached hydrogens (tertiary/aromatic N) is 2. The van der Waals surface area contributed by atoms with Crippen LogP contribution >= 0.6 is 0 Å². The number of hydrogen-bond acceptors (Lipinski definition) is 4. The molecule has 3 N–H and O–H groups in total. The maximum atomic E-state index is 12.2. The molecule has 0 aliphatic rings. The van der Waals surface area contributed by atoms with E-state index in [9.17, 15) is 4.79 Å². The number of nitrogens with one attached hydrogen (secondary N) is 1. The average molecular weight is 270 g/mol. The van der Waals surface area contributed by atoms with Crippen LogP contribution in [-0.4, -0.2) is 25.0 Å². The quantitative estimate of drug-likeness (QED) is 0.839. The second kappa shape index (κ2) is 5.61. The number of amides is 1. The fraction of sp³-hybridized carbons (Fsp3) is 0.200. The van der Waals surface area contributed by atoms with Crippen molar-refractivity contribution in [1.82, 2.24) is 4.98 Å². The number of carbonyl (C=O) groups is 1. The molecule has 20 heavy (non-hydrogen) atoms. The minimum atomic E-state index is -0.186. The molecule has 2 aromatic rings. The number of aromatic nitrogens is 1. The van der Waals surface area contributed by atoms with Crippen LogP contribution in [0, 0.1) is 6.92 Å². The highest BCUT2D eigenvalue weighted by Gasteiger charge is 2.11. The van der Waals surface area contributed by atoms with Gasteiger partial charge in [0.05, 0.1) is 11.9 Å². The van der Waals surface area contributed by atoms with Crippen molar-refractivity contribution in [2.24, 2.45) is 0 Å². The van der Waals surface area contributed by atoms with Crippen molar-refractivity contribution in [3.8, 4) is 0 Å². The van der Waals surface area contributed by atoms with Gasteiger partial charge in [0.2, 0.25) is 0 Å². The third kappa shape index (κ3) is 2.88. The van der Waals surface area contributed by atoms with Gasteiger partial charge < -0.3 is 16.0 Å². The standard InChI is InChI=1S/C15H18N4O/c1-10-12(5-4-6-13(10)16)15(20)18-11-7-8-14(17-9-11)19(2)3/h4-9H,16H2,1-3H3,(H,18,20). The molecule has 1 amide bonds. The number of anilines is 3. The first-order valence-corrected chi connectivity index (χ1v) is 6.29. The van der Waals surface area contributed by atoms with Crippen molar-refractivity contribution < 1.29 is 4.79 Å². The van der Waals surface area contributed by atoms with Crippen molar-refractivity contribution in [3.05, 3.63) is 47.7 Å². The molecular formula is C15H18N4O. The monoisotopic (exact) mass is 270 g/mol. The largest absolute Gasteiger partial charge is 0.398 e. The van der Waals surface area contributed by atoms with E-state index in [1.165, 1.54) is 0 Å². The lowest BCUT2D eigenvalue weighted by Gasteiger charge is -2.12. The van der Waals surface area contributed by atoms with E-state index in [4.69, 9.17) is 5.73 Å². The van der Waals surface area contributed by atoms with E-state index in [0.29, 0.717) is 16.9 Å². The molecule has 0 atom stereocenters. The minimum absolute atomic E-state index is 0.186.